The standard InChI is InChI=1S/C14H24O/c1-6-15-12(4)14(5,11(2)3)13-9-7-8-10-13/h13H,2,4,6-10H2,1,3,5H3. The summed E-state index contributed by atoms with van der Waals surface area (Å²) in [5.74, 6) is 1.58. The summed E-state index contributed by atoms with van der Waals surface area (Å²) in [4.78, 5) is 0. The van der Waals surface area contributed by atoms with Crippen molar-refractivity contribution in [3.63, 3.8) is 0 Å². The summed E-state index contributed by atoms with van der Waals surface area (Å²) < 4.78 is 5.63. The molecule has 1 rings (SSSR count). The van der Waals surface area contributed by atoms with E-state index in [2.05, 4.69) is 27.0 Å². The Labute approximate surface area is 94.2 Å². The van der Waals surface area contributed by atoms with Crippen molar-refractivity contribution < 1.29 is 4.74 Å². The summed E-state index contributed by atoms with van der Waals surface area (Å²) in [5.41, 5.74) is 1.17. The van der Waals surface area contributed by atoms with Crippen LogP contribution in [-0.4, -0.2) is 6.61 Å². The van der Waals surface area contributed by atoms with Gasteiger partial charge in [-0.2, -0.15) is 0 Å². The molecule has 86 valence electrons. The Morgan fingerprint density at radius 3 is 2.27 bits per heavy atom. The van der Waals surface area contributed by atoms with E-state index < -0.39 is 0 Å². The Hall–Kier alpha value is -0.720. The SMILES string of the molecule is C=C(C)C(C)(C(=C)OCC)C1CCCC1. The number of rotatable bonds is 5. The van der Waals surface area contributed by atoms with Gasteiger partial charge < -0.3 is 4.74 Å². The predicted octanol–water partition coefficient (Wildman–Crippen LogP) is 4.31. The molecule has 1 nitrogen and oxygen atoms in total. The molecule has 1 unspecified atom stereocenters. The molecule has 1 heteroatoms. The molecule has 0 aliphatic heterocycles. The molecule has 0 N–H and O–H groups in total. The second-order valence-electron chi connectivity index (χ2n) is 4.82. The fourth-order valence-electron chi connectivity index (χ4n) is 2.64. The zero-order valence-electron chi connectivity index (χ0n) is 10.4. The fraction of sp³-hybridized carbons (Fsp3) is 0.714. The van der Waals surface area contributed by atoms with Gasteiger partial charge in [0.15, 0.2) is 0 Å². The summed E-state index contributed by atoms with van der Waals surface area (Å²) in [6, 6.07) is 0. The normalized spacial score (nSPS) is 21.0. The third kappa shape index (κ3) is 2.27. The summed E-state index contributed by atoms with van der Waals surface area (Å²) in [6.45, 7) is 15.3. The van der Waals surface area contributed by atoms with Crippen LogP contribution in [0, 0.1) is 11.3 Å². The van der Waals surface area contributed by atoms with Crippen LogP contribution >= 0.6 is 0 Å². The molecule has 1 aliphatic carbocycles. The van der Waals surface area contributed by atoms with Crippen LogP contribution in [0.15, 0.2) is 24.5 Å². The van der Waals surface area contributed by atoms with Gasteiger partial charge in [0.25, 0.3) is 0 Å². The number of hydrogen-bond donors (Lipinski definition) is 0. The topological polar surface area (TPSA) is 9.23 Å². The molecule has 0 radical (unpaired) electrons. The number of hydrogen-bond acceptors (Lipinski definition) is 1. The second kappa shape index (κ2) is 4.87. The molecule has 0 aromatic heterocycles. The van der Waals surface area contributed by atoms with Crippen molar-refractivity contribution in [2.75, 3.05) is 6.61 Å². The van der Waals surface area contributed by atoms with Crippen molar-refractivity contribution in [1.29, 1.82) is 0 Å². The molecule has 1 atom stereocenters. The van der Waals surface area contributed by atoms with E-state index >= 15 is 0 Å². The quantitative estimate of drug-likeness (QED) is 0.483. The lowest BCUT2D eigenvalue weighted by Crippen LogP contribution is -2.30. The minimum Gasteiger partial charge on any atom is -0.498 e. The zero-order chi connectivity index (χ0) is 11.5. The average molecular weight is 208 g/mol. The third-order valence-corrected chi connectivity index (χ3v) is 3.96. The molecular formula is C14H24O. The van der Waals surface area contributed by atoms with E-state index in [-0.39, 0.29) is 5.41 Å². The first kappa shape index (κ1) is 12.4. The lowest BCUT2D eigenvalue weighted by molar-refractivity contribution is 0.126. The smallest absolute Gasteiger partial charge is 0.0989 e. The van der Waals surface area contributed by atoms with E-state index in [1.807, 2.05) is 6.92 Å². The van der Waals surface area contributed by atoms with Gasteiger partial charge in [0.2, 0.25) is 0 Å². The molecular weight excluding hydrogens is 184 g/mol. The van der Waals surface area contributed by atoms with E-state index in [4.69, 9.17) is 4.74 Å². The molecule has 1 saturated carbocycles. The lowest BCUT2D eigenvalue weighted by atomic mass is 9.70. The van der Waals surface area contributed by atoms with Gasteiger partial charge in [-0.25, -0.2) is 0 Å². The minimum atomic E-state index is -0.0213. The molecule has 0 aromatic carbocycles. The molecule has 1 aliphatic rings. The monoisotopic (exact) mass is 208 g/mol. The van der Waals surface area contributed by atoms with E-state index in [1.54, 1.807) is 0 Å². The third-order valence-electron chi connectivity index (χ3n) is 3.96. The molecule has 0 heterocycles. The van der Waals surface area contributed by atoms with Crippen LogP contribution in [-0.2, 0) is 4.74 Å². The summed E-state index contributed by atoms with van der Waals surface area (Å²) in [5, 5.41) is 0. The van der Waals surface area contributed by atoms with Gasteiger partial charge in [0.05, 0.1) is 12.4 Å². The van der Waals surface area contributed by atoms with Crippen LogP contribution in [0.1, 0.15) is 46.5 Å². The molecule has 0 spiro atoms. The van der Waals surface area contributed by atoms with Crippen LogP contribution in [0.4, 0.5) is 0 Å². The van der Waals surface area contributed by atoms with Crippen LogP contribution in [0.3, 0.4) is 0 Å². The largest absolute Gasteiger partial charge is 0.498 e. The van der Waals surface area contributed by atoms with Crippen LogP contribution in [0.2, 0.25) is 0 Å². The molecule has 0 aromatic rings. The van der Waals surface area contributed by atoms with Gasteiger partial charge in [-0.1, -0.05) is 31.6 Å². The maximum absolute atomic E-state index is 5.63. The highest BCUT2D eigenvalue weighted by molar-refractivity contribution is 5.21. The summed E-state index contributed by atoms with van der Waals surface area (Å²) in [7, 11) is 0. The van der Waals surface area contributed by atoms with Crippen molar-refractivity contribution in [1.82, 2.24) is 0 Å². The zero-order valence-corrected chi connectivity index (χ0v) is 10.4. The second-order valence-corrected chi connectivity index (χ2v) is 4.82. The van der Waals surface area contributed by atoms with E-state index in [0.29, 0.717) is 12.5 Å². The summed E-state index contributed by atoms with van der Waals surface area (Å²) >= 11 is 0. The van der Waals surface area contributed by atoms with Crippen LogP contribution < -0.4 is 0 Å². The van der Waals surface area contributed by atoms with Gasteiger partial charge in [-0.15, -0.1) is 0 Å². The first-order valence-electron chi connectivity index (χ1n) is 6.01. The van der Waals surface area contributed by atoms with Gasteiger partial charge >= 0.3 is 0 Å². The molecule has 15 heavy (non-hydrogen) atoms. The highest BCUT2D eigenvalue weighted by Crippen LogP contribution is 2.48. The maximum Gasteiger partial charge on any atom is 0.0989 e. The van der Waals surface area contributed by atoms with Crippen LogP contribution in [0.25, 0.3) is 0 Å². The number of ether oxygens (including phenoxy) is 1. The van der Waals surface area contributed by atoms with E-state index in [9.17, 15) is 0 Å². The predicted molar refractivity (Wildman–Crippen MR) is 65.6 cm³/mol. The first-order valence-corrected chi connectivity index (χ1v) is 6.01. The Balaban J connectivity index is 2.86. The molecule has 0 bridgehead atoms. The Kier molecular flexibility index (Phi) is 4.01. The van der Waals surface area contributed by atoms with E-state index in [1.165, 1.54) is 31.3 Å². The highest BCUT2D eigenvalue weighted by Gasteiger charge is 2.40. The van der Waals surface area contributed by atoms with Gasteiger partial charge in [-0.3, -0.25) is 0 Å². The van der Waals surface area contributed by atoms with Crippen molar-refractivity contribution in [3.8, 4) is 0 Å². The molecule has 0 saturated heterocycles. The Morgan fingerprint density at radius 2 is 1.87 bits per heavy atom. The minimum absolute atomic E-state index is 0.0213. The van der Waals surface area contributed by atoms with Crippen molar-refractivity contribution in [2.24, 2.45) is 11.3 Å². The summed E-state index contributed by atoms with van der Waals surface area (Å²) in [6.07, 6.45) is 5.25. The number of allylic oxidation sites excluding steroid dienone is 1. The first-order chi connectivity index (χ1) is 7.03. The molecule has 1 fully saturated rings. The van der Waals surface area contributed by atoms with Gasteiger partial charge in [-0.05, 0) is 39.5 Å². The van der Waals surface area contributed by atoms with Crippen LogP contribution in [0.5, 0.6) is 0 Å². The maximum atomic E-state index is 5.63. The van der Waals surface area contributed by atoms with E-state index in [0.717, 1.165) is 5.76 Å². The lowest BCUT2D eigenvalue weighted by Gasteiger charge is -2.37. The highest BCUT2D eigenvalue weighted by atomic mass is 16.5. The van der Waals surface area contributed by atoms with Gasteiger partial charge in [0.1, 0.15) is 0 Å². The molecule has 0 amide bonds. The van der Waals surface area contributed by atoms with Crippen molar-refractivity contribution in [3.05, 3.63) is 24.5 Å². The average Bonchev–Trinajstić information content (AvgIpc) is 2.69. The Morgan fingerprint density at radius 1 is 1.33 bits per heavy atom. The van der Waals surface area contributed by atoms with Gasteiger partial charge in [0, 0.05) is 5.41 Å². The Bertz CT molecular complexity index is 248. The fourth-order valence-corrected chi connectivity index (χ4v) is 2.64. The van der Waals surface area contributed by atoms with Crippen molar-refractivity contribution >= 4 is 0 Å². The van der Waals surface area contributed by atoms with Crippen molar-refractivity contribution in [2.45, 2.75) is 46.5 Å².